The highest BCUT2D eigenvalue weighted by Gasteiger charge is 2.42. The second kappa shape index (κ2) is 10.4. The van der Waals surface area contributed by atoms with Crippen molar-refractivity contribution in [1.82, 2.24) is 9.80 Å². The molecule has 0 spiro atoms. The fourth-order valence-corrected chi connectivity index (χ4v) is 4.85. The van der Waals surface area contributed by atoms with Gasteiger partial charge in [0.1, 0.15) is 17.9 Å². The molecule has 6 nitrogen and oxygen atoms in total. The van der Waals surface area contributed by atoms with Gasteiger partial charge in [0.25, 0.3) is 5.91 Å². The Labute approximate surface area is 210 Å². The van der Waals surface area contributed by atoms with Crippen molar-refractivity contribution in [3.63, 3.8) is 0 Å². The number of carbonyl (C=O) groups excluding carboxylic acids is 1. The second-order valence-electron chi connectivity index (χ2n) is 8.94. The number of nitrogens with zero attached hydrogens (tertiary/aromatic N) is 2. The fourth-order valence-electron chi connectivity index (χ4n) is 4.85. The average Bonchev–Trinajstić information content (AvgIpc) is 3.20. The van der Waals surface area contributed by atoms with E-state index in [0.717, 1.165) is 24.2 Å². The van der Waals surface area contributed by atoms with Gasteiger partial charge in [0.2, 0.25) is 5.76 Å². The van der Waals surface area contributed by atoms with Crippen LogP contribution in [0.3, 0.4) is 0 Å². The molecule has 0 fully saturated rings. The number of ether oxygens (including phenoxy) is 1. The van der Waals surface area contributed by atoms with Crippen molar-refractivity contribution >= 4 is 16.9 Å². The molecule has 1 amide bonds. The minimum Gasteiger partial charge on any atom is -0.489 e. The van der Waals surface area contributed by atoms with Crippen molar-refractivity contribution in [3.05, 3.63) is 112 Å². The summed E-state index contributed by atoms with van der Waals surface area (Å²) < 4.78 is 12.1. The quantitative estimate of drug-likeness (QED) is 0.326. The molecule has 1 unspecified atom stereocenters. The molecular formula is C30H30N2O4. The van der Waals surface area contributed by atoms with E-state index in [1.54, 1.807) is 23.1 Å². The van der Waals surface area contributed by atoms with Gasteiger partial charge in [-0.3, -0.25) is 9.59 Å². The molecule has 1 aliphatic heterocycles. The first-order valence-electron chi connectivity index (χ1n) is 12.5. The van der Waals surface area contributed by atoms with Crippen LogP contribution in [0.25, 0.3) is 11.0 Å². The van der Waals surface area contributed by atoms with Crippen molar-refractivity contribution in [2.24, 2.45) is 0 Å². The van der Waals surface area contributed by atoms with Crippen LogP contribution in [0, 0.1) is 0 Å². The van der Waals surface area contributed by atoms with E-state index in [-0.39, 0.29) is 17.1 Å². The summed E-state index contributed by atoms with van der Waals surface area (Å²) in [6.07, 6.45) is 0. The molecule has 3 aromatic carbocycles. The van der Waals surface area contributed by atoms with E-state index in [1.807, 2.05) is 60.7 Å². The van der Waals surface area contributed by atoms with Gasteiger partial charge < -0.3 is 19.0 Å². The smallest absolute Gasteiger partial charge is 0.290 e. The second-order valence-corrected chi connectivity index (χ2v) is 8.94. The Kier molecular flexibility index (Phi) is 6.87. The summed E-state index contributed by atoms with van der Waals surface area (Å²) in [7, 11) is 0. The van der Waals surface area contributed by atoms with Crippen LogP contribution < -0.4 is 10.2 Å². The Bertz CT molecular complexity index is 1430. The molecule has 4 aromatic rings. The minimum absolute atomic E-state index is 0.138. The number of fused-ring (bicyclic) bond motifs is 2. The van der Waals surface area contributed by atoms with Gasteiger partial charge in [0.05, 0.1) is 17.0 Å². The third kappa shape index (κ3) is 4.52. The molecular weight excluding hydrogens is 452 g/mol. The van der Waals surface area contributed by atoms with Gasteiger partial charge in [0, 0.05) is 13.1 Å². The Morgan fingerprint density at radius 2 is 1.67 bits per heavy atom. The van der Waals surface area contributed by atoms with Crippen LogP contribution >= 0.6 is 0 Å². The molecule has 1 atom stereocenters. The van der Waals surface area contributed by atoms with E-state index in [4.69, 9.17) is 9.15 Å². The predicted octanol–water partition coefficient (Wildman–Crippen LogP) is 5.26. The monoisotopic (exact) mass is 482 g/mol. The Morgan fingerprint density at radius 3 is 2.44 bits per heavy atom. The number of hydrogen-bond donors (Lipinski definition) is 0. The van der Waals surface area contributed by atoms with Crippen LogP contribution in [-0.2, 0) is 6.61 Å². The zero-order chi connectivity index (χ0) is 25.1. The highest BCUT2D eigenvalue weighted by atomic mass is 16.5. The van der Waals surface area contributed by atoms with E-state index in [2.05, 4.69) is 18.7 Å². The highest BCUT2D eigenvalue weighted by molar-refractivity contribution is 5.99. The summed E-state index contributed by atoms with van der Waals surface area (Å²) in [4.78, 5) is 31.3. The van der Waals surface area contributed by atoms with Crippen molar-refractivity contribution in [1.29, 1.82) is 0 Å². The lowest BCUT2D eigenvalue weighted by molar-refractivity contribution is 0.0708. The summed E-state index contributed by atoms with van der Waals surface area (Å²) in [6.45, 7) is 7.62. The Balaban J connectivity index is 1.55. The molecule has 2 heterocycles. The van der Waals surface area contributed by atoms with Crippen molar-refractivity contribution in [3.8, 4) is 5.75 Å². The van der Waals surface area contributed by atoms with Gasteiger partial charge >= 0.3 is 0 Å². The molecule has 0 saturated heterocycles. The molecule has 1 aliphatic rings. The third-order valence-electron chi connectivity index (χ3n) is 6.85. The summed E-state index contributed by atoms with van der Waals surface area (Å²) in [5.74, 6) is 0.575. The van der Waals surface area contributed by atoms with Crippen molar-refractivity contribution in [2.45, 2.75) is 26.5 Å². The number of hydrogen-bond acceptors (Lipinski definition) is 5. The van der Waals surface area contributed by atoms with Crippen molar-refractivity contribution in [2.75, 3.05) is 26.2 Å². The first-order chi connectivity index (χ1) is 17.6. The van der Waals surface area contributed by atoms with Crippen molar-refractivity contribution < 1.29 is 13.9 Å². The summed E-state index contributed by atoms with van der Waals surface area (Å²) in [5, 5.41) is 0.483. The number of para-hydroxylation sites is 1. The topological polar surface area (TPSA) is 63.0 Å². The molecule has 184 valence electrons. The van der Waals surface area contributed by atoms with Gasteiger partial charge in [-0.1, -0.05) is 68.4 Å². The van der Waals surface area contributed by atoms with Crippen LogP contribution in [0.15, 0.2) is 88.1 Å². The van der Waals surface area contributed by atoms with Crippen LogP contribution in [0.1, 0.15) is 47.1 Å². The number of rotatable bonds is 9. The van der Waals surface area contributed by atoms with Gasteiger partial charge in [-0.15, -0.1) is 0 Å². The molecule has 0 N–H and O–H groups in total. The van der Waals surface area contributed by atoms with E-state index in [1.165, 1.54) is 0 Å². The zero-order valence-electron chi connectivity index (χ0n) is 20.6. The first kappa shape index (κ1) is 23.8. The standard InChI is InChI=1S/C30H30N2O4/c1-3-31(4-2)17-18-32-27(22-13-10-14-23(19-22)35-20-21-11-6-5-7-12-21)26-28(33)24-15-8-9-16-25(24)36-29(26)30(32)34/h5-16,19,27H,3-4,17-18,20H2,1-2H3. The summed E-state index contributed by atoms with van der Waals surface area (Å²) in [6, 6.07) is 24.2. The maximum Gasteiger partial charge on any atom is 0.290 e. The van der Waals surface area contributed by atoms with Gasteiger partial charge in [-0.25, -0.2) is 0 Å². The SMILES string of the molecule is CCN(CC)CCN1C(=O)c2oc3ccccc3c(=O)c2C1c1cccc(OCc2ccccc2)c1. The largest absolute Gasteiger partial charge is 0.489 e. The fraction of sp³-hybridized carbons (Fsp3) is 0.267. The van der Waals surface area contributed by atoms with Crippen LogP contribution in [0.2, 0.25) is 0 Å². The van der Waals surface area contributed by atoms with Gasteiger partial charge in [-0.05, 0) is 48.5 Å². The lowest BCUT2D eigenvalue weighted by atomic mass is 9.98. The maximum atomic E-state index is 13.7. The number of benzene rings is 3. The number of likely N-dealkylation sites (N-methyl/N-ethyl adjacent to an activating group) is 1. The summed E-state index contributed by atoms with van der Waals surface area (Å²) in [5.41, 5.74) is 2.57. The average molecular weight is 483 g/mol. The molecule has 0 saturated carbocycles. The molecule has 6 heteroatoms. The maximum absolute atomic E-state index is 13.7. The van der Waals surface area contributed by atoms with Crippen LogP contribution in [-0.4, -0.2) is 41.9 Å². The Morgan fingerprint density at radius 1 is 0.917 bits per heavy atom. The van der Waals surface area contributed by atoms with Gasteiger partial charge in [0.15, 0.2) is 5.43 Å². The van der Waals surface area contributed by atoms with Crippen LogP contribution in [0.5, 0.6) is 5.75 Å². The van der Waals surface area contributed by atoms with E-state index >= 15 is 0 Å². The molecule has 1 aromatic heterocycles. The molecule has 5 rings (SSSR count). The Hall–Kier alpha value is -3.90. The van der Waals surface area contributed by atoms with E-state index in [9.17, 15) is 9.59 Å². The molecule has 0 radical (unpaired) electrons. The lowest BCUT2D eigenvalue weighted by Crippen LogP contribution is -2.37. The highest BCUT2D eigenvalue weighted by Crippen LogP contribution is 2.39. The minimum atomic E-state index is -0.538. The van der Waals surface area contributed by atoms with Crippen LogP contribution in [0.4, 0.5) is 0 Å². The first-order valence-corrected chi connectivity index (χ1v) is 12.5. The number of carbonyl (C=O) groups is 1. The molecule has 0 aliphatic carbocycles. The third-order valence-corrected chi connectivity index (χ3v) is 6.85. The summed E-state index contributed by atoms with van der Waals surface area (Å²) >= 11 is 0. The normalized spacial score (nSPS) is 15.0. The predicted molar refractivity (Wildman–Crippen MR) is 140 cm³/mol. The van der Waals surface area contributed by atoms with Gasteiger partial charge in [-0.2, -0.15) is 0 Å². The number of amides is 1. The van der Waals surface area contributed by atoms with E-state index in [0.29, 0.717) is 42.0 Å². The zero-order valence-corrected chi connectivity index (χ0v) is 20.6. The lowest BCUT2D eigenvalue weighted by Gasteiger charge is -2.28. The van der Waals surface area contributed by atoms with E-state index < -0.39 is 6.04 Å². The molecule has 36 heavy (non-hydrogen) atoms. The molecule has 0 bridgehead atoms.